The molecule has 2 rings (SSSR count). The Morgan fingerprint density at radius 3 is 2.35 bits per heavy atom. The van der Waals surface area contributed by atoms with Crippen molar-refractivity contribution in [3.8, 4) is 0 Å². The lowest BCUT2D eigenvalue weighted by Gasteiger charge is -2.17. The van der Waals surface area contributed by atoms with E-state index in [0.29, 0.717) is 12.4 Å². The number of rotatable bonds is 11. The number of alkyl carbamates (subject to hydrolysis) is 1. The van der Waals surface area contributed by atoms with Crippen molar-refractivity contribution < 1.29 is 28.7 Å². The summed E-state index contributed by atoms with van der Waals surface area (Å²) in [6.45, 7) is 2.70. The molecule has 0 unspecified atom stereocenters. The van der Waals surface area contributed by atoms with Crippen LogP contribution in [0.4, 0.5) is 10.6 Å². The van der Waals surface area contributed by atoms with Crippen LogP contribution in [-0.2, 0) is 43.4 Å². The molecule has 37 heavy (non-hydrogen) atoms. The third kappa shape index (κ3) is 12.9. The number of ether oxygens (including phenoxy) is 2. The van der Waals surface area contributed by atoms with E-state index in [-0.39, 0.29) is 25.9 Å². The highest BCUT2D eigenvalue weighted by atomic mass is 16.5. The van der Waals surface area contributed by atoms with Crippen LogP contribution >= 0.6 is 0 Å². The van der Waals surface area contributed by atoms with E-state index in [1.165, 1.54) is 24.4 Å². The van der Waals surface area contributed by atoms with Crippen molar-refractivity contribution in [2.75, 3.05) is 26.5 Å². The van der Waals surface area contributed by atoms with E-state index < -0.39 is 29.9 Å². The van der Waals surface area contributed by atoms with E-state index in [9.17, 15) is 19.2 Å². The molecule has 202 valence electrons. The van der Waals surface area contributed by atoms with Crippen LogP contribution in [0.15, 0.2) is 42.6 Å². The third-order valence-electron chi connectivity index (χ3n) is 5.05. The van der Waals surface area contributed by atoms with Gasteiger partial charge in [-0.05, 0) is 41.7 Å². The van der Waals surface area contributed by atoms with Gasteiger partial charge in [0.15, 0.2) is 0 Å². The van der Waals surface area contributed by atoms with Crippen LogP contribution in [-0.4, -0.2) is 55.7 Å². The zero-order valence-corrected chi connectivity index (χ0v) is 21.4. The van der Waals surface area contributed by atoms with Crippen LogP contribution in [0.3, 0.4) is 0 Å². The minimum absolute atomic E-state index is 0.00841. The molecular weight excluding hydrogens is 480 g/mol. The van der Waals surface area contributed by atoms with Crippen molar-refractivity contribution in [3.05, 3.63) is 59.3 Å². The zero-order valence-electron chi connectivity index (χ0n) is 21.4. The summed E-state index contributed by atoms with van der Waals surface area (Å²) in [6.07, 6.45) is 1.68. The molecule has 1 aromatic heterocycles. The first kappa shape index (κ1) is 30.8. The second-order valence-corrected chi connectivity index (χ2v) is 7.76. The van der Waals surface area contributed by atoms with Gasteiger partial charge in [0.25, 0.3) is 0 Å². The number of aryl methyl sites for hydroxylation is 1. The van der Waals surface area contributed by atoms with Crippen LogP contribution in [0.5, 0.6) is 0 Å². The number of nitrogens with zero attached hydrogens (tertiary/aromatic N) is 1. The maximum atomic E-state index is 12.2. The zero-order chi connectivity index (χ0) is 27.6. The van der Waals surface area contributed by atoms with Crippen molar-refractivity contribution in [2.45, 2.75) is 45.3 Å². The molecule has 1 heterocycles. The van der Waals surface area contributed by atoms with E-state index in [2.05, 4.69) is 61.6 Å². The summed E-state index contributed by atoms with van der Waals surface area (Å²) in [7, 11) is 2.36. The minimum Gasteiger partial charge on any atom is -0.469 e. The van der Waals surface area contributed by atoms with Crippen molar-refractivity contribution in [1.82, 2.24) is 20.9 Å². The number of nitrogens with one attached hydrogen (secondary N) is 3. The second-order valence-electron chi connectivity index (χ2n) is 7.76. The van der Waals surface area contributed by atoms with Crippen molar-refractivity contribution in [3.63, 3.8) is 0 Å². The lowest BCUT2D eigenvalue weighted by molar-refractivity contribution is -0.141. The van der Waals surface area contributed by atoms with Crippen LogP contribution in [0.2, 0.25) is 0 Å². The number of amides is 3. The molecule has 0 saturated heterocycles. The van der Waals surface area contributed by atoms with Crippen molar-refractivity contribution in [1.29, 1.82) is 0 Å². The molecule has 7 N–H and O–H groups in total. The number of nitrogens with two attached hydrogens (primary N) is 2. The number of hydrogen-bond acceptors (Lipinski definition) is 9. The molecule has 0 saturated carbocycles. The van der Waals surface area contributed by atoms with Crippen LogP contribution < -0.4 is 27.4 Å². The average Bonchev–Trinajstić information content (AvgIpc) is 2.92. The Hall–Kier alpha value is -4.19. The molecule has 12 nitrogen and oxygen atoms in total. The predicted octanol–water partition coefficient (Wildman–Crippen LogP) is 0.782. The molecule has 0 aliphatic heterocycles. The van der Waals surface area contributed by atoms with E-state index in [1.807, 2.05) is 0 Å². The molecule has 0 spiro atoms. The Morgan fingerprint density at radius 1 is 1.00 bits per heavy atom. The summed E-state index contributed by atoms with van der Waals surface area (Å²) in [5.74, 6) is -1.28. The fourth-order valence-corrected chi connectivity index (χ4v) is 2.97. The fraction of sp³-hybridized carbons (Fsp3) is 0.400. The number of carbonyl (C=O) groups excluding carboxylic acids is 4. The largest absolute Gasteiger partial charge is 0.469 e. The summed E-state index contributed by atoms with van der Waals surface area (Å²) >= 11 is 0. The number of nitrogen functional groups attached to an aromatic ring is 1. The maximum Gasteiger partial charge on any atom is 0.407 e. The fourth-order valence-electron chi connectivity index (χ4n) is 2.97. The van der Waals surface area contributed by atoms with Crippen LogP contribution in [0.25, 0.3) is 0 Å². The SMILES string of the molecule is CCc1cccc(CN)c1.COC(=O)CC[C@H](NC(=O)OC)C(=O)NCC(=O)NCc1ccnc(N)c1. The monoisotopic (exact) mass is 516 g/mol. The Morgan fingerprint density at radius 2 is 1.73 bits per heavy atom. The molecule has 12 heteroatoms. The summed E-state index contributed by atoms with van der Waals surface area (Å²) < 4.78 is 8.95. The van der Waals surface area contributed by atoms with Gasteiger partial charge in [0.05, 0.1) is 20.8 Å². The highest BCUT2D eigenvalue weighted by Gasteiger charge is 2.22. The summed E-state index contributed by atoms with van der Waals surface area (Å²) in [6, 6.07) is 10.6. The standard InChI is InChI=1S/C16H23N5O6.C9H13N/c1-26-14(23)4-3-11(21-16(25)27-2)15(24)20-9-13(22)19-8-10-5-6-18-12(17)7-10;1-2-8-4-3-5-9(6-8)7-10/h5-7,11H,3-4,8-9H2,1-2H3,(H2,17,18)(H,19,22)(H,20,24)(H,21,25);3-6H,2,7,10H2,1H3/t11-;/m0./s1. The van der Waals surface area contributed by atoms with Crippen LogP contribution in [0.1, 0.15) is 36.5 Å². The molecule has 2 aromatic rings. The third-order valence-corrected chi connectivity index (χ3v) is 5.05. The predicted molar refractivity (Wildman–Crippen MR) is 138 cm³/mol. The Kier molecular flexibility index (Phi) is 14.4. The van der Waals surface area contributed by atoms with Gasteiger partial charge in [-0.25, -0.2) is 9.78 Å². The highest BCUT2D eigenvalue weighted by Crippen LogP contribution is 2.04. The number of hydrogen-bond donors (Lipinski definition) is 5. The van der Waals surface area contributed by atoms with Gasteiger partial charge in [-0.15, -0.1) is 0 Å². The quantitative estimate of drug-likeness (QED) is 0.269. The lowest BCUT2D eigenvalue weighted by atomic mass is 10.1. The summed E-state index contributed by atoms with van der Waals surface area (Å²) in [5.41, 5.74) is 14.4. The molecule has 1 atom stereocenters. The molecule has 0 fully saturated rings. The van der Waals surface area contributed by atoms with E-state index in [0.717, 1.165) is 19.1 Å². The van der Waals surface area contributed by atoms with Gasteiger partial charge >= 0.3 is 12.1 Å². The average molecular weight is 517 g/mol. The molecule has 1 aromatic carbocycles. The molecule has 0 radical (unpaired) electrons. The number of esters is 1. The molecule has 3 amide bonds. The Balaban J connectivity index is 0.000000568. The van der Waals surface area contributed by atoms with Gasteiger partial charge in [-0.1, -0.05) is 31.2 Å². The molecule has 0 aliphatic carbocycles. The normalized spacial score (nSPS) is 10.7. The van der Waals surface area contributed by atoms with Gasteiger partial charge in [0.2, 0.25) is 11.8 Å². The first-order valence-corrected chi connectivity index (χ1v) is 11.7. The minimum atomic E-state index is -1.05. The number of anilines is 1. The van der Waals surface area contributed by atoms with E-state index in [4.69, 9.17) is 11.5 Å². The second kappa shape index (κ2) is 17.3. The number of aromatic nitrogens is 1. The first-order valence-electron chi connectivity index (χ1n) is 11.7. The number of benzene rings is 1. The smallest absolute Gasteiger partial charge is 0.407 e. The maximum absolute atomic E-state index is 12.2. The number of methoxy groups -OCH3 is 2. The Labute approximate surface area is 216 Å². The summed E-state index contributed by atoms with van der Waals surface area (Å²) in [5, 5.41) is 7.30. The topological polar surface area (TPSA) is 188 Å². The van der Waals surface area contributed by atoms with Crippen molar-refractivity contribution >= 4 is 29.7 Å². The summed E-state index contributed by atoms with van der Waals surface area (Å²) in [4.78, 5) is 50.5. The van der Waals surface area contributed by atoms with Gasteiger partial charge in [0.1, 0.15) is 11.9 Å². The van der Waals surface area contributed by atoms with Crippen LogP contribution in [0, 0.1) is 0 Å². The highest BCUT2D eigenvalue weighted by molar-refractivity contribution is 5.89. The first-order chi connectivity index (χ1) is 17.7. The molecule has 0 bridgehead atoms. The molecular formula is C25H36N6O6. The molecule has 0 aliphatic rings. The number of pyridine rings is 1. The number of carbonyl (C=O) groups is 4. The van der Waals surface area contributed by atoms with Gasteiger partial charge in [-0.2, -0.15) is 0 Å². The van der Waals surface area contributed by atoms with E-state index >= 15 is 0 Å². The lowest BCUT2D eigenvalue weighted by Crippen LogP contribution is -2.49. The Bertz CT molecular complexity index is 1010. The van der Waals surface area contributed by atoms with E-state index in [1.54, 1.807) is 12.1 Å². The van der Waals surface area contributed by atoms with Gasteiger partial charge < -0.3 is 36.9 Å². The van der Waals surface area contributed by atoms with Gasteiger partial charge in [-0.3, -0.25) is 14.4 Å². The van der Waals surface area contributed by atoms with Gasteiger partial charge in [0, 0.05) is 25.7 Å². The van der Waals surface area contributed by atoms with Crippen molar-refractivity contribution in [2.24, 2.45) is 5.73 Å².